The van der Waals surface area contributed by atoms with Crippen molar-refractivity contribution >= 4 is 57.9 Å². The van der Waals surface area contributed by atoms with E-state index in [1.165, 1.54) is 6.08 Å². The molecule has 0 unspecified atom stereocenters. The summed E-state index contributed by atoms with van der Waals surface area (Å²) in [6.07, 6.45) is 1.54. The van der Waals surface area contributed by atoms with Crippen LogP contribution in [0.5, 0.6) is 0 Å². The van der Waals surface area contributed by atoms with Crippen LogP contribution < -0.4 is 5.11 Å². The average Bonchev–Trinajstić information content (AvgIpc) is 3.09. The largest absolute Gasteiger partial charge is 0.548 e. The van der Waals surface area contributed by atoms with Gasteiger partial charge in [-0.2, -0.15) is 0 Å². The minimum atomic E-state index is -1.37. The van der Waals surface area contributed by atoms with Crippen LogP contribution in [-0.4, -0.2) is 27.6 Å². The fourth-order valence-electron chi connectivity index (χ4n) is 2.09. The molecule has 1 aromatic heterocycles. The zero-order chi connectivity index (χ0) is 17.3. The molecule has 0 aliphatic carbocycles. The lowest BCUT2D eigenvalue weighted by atomic mass is 10.2. The van der Waals surface area contributed by atoms with Crippen LogP contribution >= 0.6 is 35.6 Å². The molecule has 3 rings (SSSR count). The Kier molecular flexibility index (Phi) is 4.75. The third kappa shape index (κ3) is 3.53. The van der Waals surface area contributed by atoms with Gasteiger partial charge in [-0.25, -0.2) is 0 Å². The number of carbonyl (C=O) groups is 2. The topological polar surface area (TPSA) is 73.6 Å². The van der Waals surface area contributed by atoms with E-state index in [4.69, 9.17) is 28.2 Å². The molecule has 0 atom stereocenters. The van der Waals surface area contributed by atoms with E-state index in [0.29, 0.717) is 21.4 Å². The van der Waals surface area contributed by atoms with Crippen molar-refractivity contribution in [2.75, 3.05) is 6.54 Å². The number of amides is 1. The number of benzene rings is 1. The molecule has 8 heteroatoms. The molecule has 1 aromatic carbocycles. The Labute approximate surface area is 151 Å². The van der Waals surface area contributed by atoms with Crippen LogP contribution in [0, 0.1) is 0 Å². The first kappa shape index (κ1) is 16.8. The number of carbonyl (C=O) groups excluding carboxylic acids is 2. The molecule has 1 saturated heterocycles. The highest BCUT2D eigenvalue weighted by atomic mass is 35.5. The van der Waals surface area contributed by atoms with E-state index >= 15 is 0 Å². The van der Waals surface area contributed by atoms with Gasteiger partial charge in [0, 0.05) is 16.7 Å². The van der Waals surface area contributed by atoms with Crippen LogP contribution in [0.15, 0.2) is 45.7 Å². The Bertz CT molecular complexity index is 857. The summed E-state index contributed by atoms with van der Waals surface area (Å²) in [6, 6.07) is 10.6. The van der Waals surface area contributed by atoms with Crippen molar-refractivity contribution in [3.8, 4) is 11.3 Å². The Hall–Kier alpha value is -2.09. The van der Waals surface area contributed by atoms with E-state index in [1.54, 1.807) is 24.3 Å². The summed E-state index contributed by atoms with van der Waals surface area (Å²) < 4.78 is 5.88. The number of carboxylic acid groups (broad SMARTS) is 1. The van der Waals surface area contributed by atoms with Gasteiger partial charge >= 0.3 is 0 Å². The van der Waals surface area contributed by atoms with Gasteiger partial charge in [-0.3, -0.25) is 9.69 Å². The molecule has 1 aliphatic heterocycles. The Morgan fingerprint density at radius 2 is 2.00 bits per heavy atom. The molecule has 0 radical (unpaired) electrons. The van der Waals surface area contributed by atoms with Gasteiger partial charge in [0.15, 0.2) is 0 Å². The number of aliphatic carboxylic acids is 1. The van der Waals surface area contributed by atoms with E-state index in [2.05, 4.69) is 0 Å². The molecule has 5 nitrogen and oxygen atoms in total. The fourth-order valence-corrected chi connectivity index (χ4v) is 3.46. The van der Waals surface area contributed by atoms with Crippen LogP contribution in [0.2, 0.25) is 5.02 Å². The quantitative estimate of drug-likeness (QED) is 0.601. The maximum Gasteiger partial charge on any atom is 0.266 e. The maximum atomic E-state index is 12.2. The zero-order valence-electron chi connectivity index (χ0n) is 12.0. The standard InChI is InChI=1S/C16H10ClNO4S2/c17-10-3-1-9(2-4-10)12-6-5-11(22-12)7-13-15(21)18(8-14(19)20)16(23)24-13/h1-7H,8H2,(H,19,20)/p-1/b13-7+. The third-order valence-corrected chi connectivity index (χ3v) is 4.82. The molecule has 2 heterocycles. The van der Waals surface area contributed by atoms with Crippen LogP contribution in [0.4, 0.5) is 0 Å². The van der Waals surface area contributed by atoms with Crippen molar-refractivity contribution in [3.05, 3.63) is 52.1 Å². The van der Waals surface area contributed by atoms with E-state index < -0.39 is 18.4 Å². The summed E-state index contributed by atoms with van der Waals surface area (Å²) in [5.41, 5.74) is 0.851. The summed E-state index contributed by atoms with van der Waals surface area (Å²) in [5, 5.41) is 11.3. The predicted molar refractivity (Wildman–Crippen MR) is 94.0 cm³/mol. The van der Waals surface area contributed by atoms with Gasteiger partial charge in [-0.05, 0) is 36.4 Å². The highest BCUT2D eigenvalue weighted by Gasteiger charge is 2.32. The summed E-state index contributed by atoms with van der Waals surface area (Å²) in [7, 11) is 0. The molecule has 24 heavy (non-hydrogen) atoms. The van der Waals surface area contributed by atoms with Gasteiger partial charge in [-0.1, -0.05) is 35.6 Å². The molecular weight excluding hydrogens is 370 g/mol. The first-order valence-electron chi connectivity index (χ1n) is 6.75. The number of thioether (sulfide) groups is 1. The van der Waals surface area contributed by atoms with Crippen molar-refractivity contribution in [1.82, 2.24) is 4.90 Å². The molecule has 0 N–H and O–H groups in total. The molecule has 2 aromatic rings. The SMILES string of the molecule is O=C([O-])CN1C(=O)/C(=C\c2ccc(-c3ccc(Cl)cc3)o2)SC1=S. The number of hydrogen-bond acceptors (Lipinski definition) is 6. The van der Waals surface area contributed by atoms with E-state index in [-0.39, 0.29) is 4.32 Å². The number of rotatable bonds is 4. The molecule has 1 aliphatic rings. The van der Waals surface area contributed by atoms with Gasteiger partial charge in [0.05, 0.1) is 17.4 Å². The summed E-state index contributed by atoms with van der Waals surface area (Å²) in [5.74, 6) is -0.744. The zero-order valence-corrected chi connectivity index (χ0v) is 14.4. The number of nitrogens with zero attached hydrogens (tertiary/aromatic N) is 1. The van der Waals surface area contributed by atoms with Crippen molar-refractivity contribution in [2.24, 2.45) is 0 Å². The molecule has 1 amide bonds. The number of thiocarbonyl (C=S) groups is 1. The number of furan rings is 1. The lowest BCUT2D eigenvalue weighted by Crippen LogP contribution is -2.40. The van der Waals surface area contributed by atoms with Crippen molar-refractivity contribution in [1.29, 1.82) is 0 Å². The van der Waals surface area contributed by atoms with Crippen molar-refractivity contribution in [3.63, 3.8) is 0 Å². The summed E-state index contributed by atoms with van der Waals surface area (Å²) in [4.78, 5) is 24.1. The predicted octanol–water partition coefficient (Wildman–Crippen LogP) is 2.55. The Balaban J connectivity index is 1.82. The van der Waals surface area contributed by atoms with Crippen molar-refractivity contribution in [2.45, 2.75) is 0 Å². The van der Waals surface area contributed by atoms with Gasteiger partial charge in [-0.15, -0.1) is 0 Å². The van der Waals surface area contributed by atoms with E-state index in [9.17, 15) is 14.7 Å². The van der Waals surface area contributed by atoms with E-state index in [1.807, 2.05) is 12.1 Å². The highest BCUT2D eigenvalue weighted by Crippen LogP contribution is 2.33. The second-order valence-electron chi connectivity index (χ2n) is 4.85. The van der Waals surface area contributed by atoms with Crippen LogP contribution in [-0.2, 0) is 9.59 Å². The third-order valence-electron chi connectivity index (χ3n) is 3.19. The van der Waals surface area contributed by atoms with Gasteiger partial charge in [0.1, 0.15) is 15.8 Å². The average molecular weight is 379 g/mol. The van der Waals surface area contributed by atoms with E-state index in [0.717, 1.165) is 22.2 Å². The van der Waals surface area contributed by atoms with Crippen LogP contribution in [0.25, 0.3) is 17.4 Å². The van der Waals surface area contributed by atoms with Gasteiger partial charge in [0.2, 0.25) is 0 Å². The molecule has 0 saturated carbocycles. The van der Waals surface area contributed by atoms with Crippen LogP contribution in [0.3, 0.4) is 0 Å². The smallest absolute Gasteiger partial charge is 0.266 e. The minimum absolute atomic E-state index is 0.180. The number of halogens is 1. The maximum absolute atomic E-state index is 12.2. The normalized spacial score (nSPS) is 16.2. The monoisotopic (exact) mass is 378 g/mol. The second kappa shape index (κ2) is 6.80. The molecule has 1 fully saturated rings. The Morgan fingerprint density at radius 3 is 2.67 bits per heavy atom. The molecular formula is C16H9ClNO4S2-. The molecule has 0 bridgehead atoms. The van der Waals surface area contributed by atoms with Crippen molar-refractivity contribution < 1.29 is 19.1 Å². The molecule has 122 valence electrons. The number of hydrogen-bond donors (Lipinski definition) is 0. The first-order valence-corrected chi connectivity index (χ1v) is 8.35. The lowest BCUT2D eigenvalue weighted by Gasteiger charge is -2.14. The van der Waals surface area contributed by atoms with Gasteiger partial charge in [0.25, 0.3) is 5.91 Å². The first-order chi connectivity index (χ1) is 11.4. The van der Waals surface area contributed by atoms with Gasteiger partial charge < -0.3 is 14.3 Å². The summed E-state index contributed by atoms with van der Waals surface area (Å²) in [6.45, 7) is -0.559. The highest BCUT2D eigenvalue weighted by molar-refractivity contribution is 8.26. The second-order valence-corrected chi connectivity index (χ2v) is 6.96. The Morgan fingerprint density at radius 1 is 1.29 bits per heavy atom. The summed E-state index contributed by atoms with van der Waals surface area (Å²) >= 11 is 11.9. The molecule has 0 spiro atoms. The lowest BCUT2D eigenvalue weighted by molar-refractivity contribution is -0.305. The fraction of sp³-hybridized carbons (Fsp3) is 0.0625. The van der Waals surface area contributed by atoms with Crippen LogP contribution in [0.1, 0.15) is 5.76 Å². The number of carboxylic acids is 1. The minimum Gasteiger partial charge on any atom is -0.548 e.